The van der Waals surface area contributed by atoms with Crippen molar-refractivity contribution in [2.24, 2.45) is 0 Å². The molecule has 27 heavy (non-hydrogen) atoms. The van der Waals surface area contributed by atoms with Crippen molar-refractivity contribution in [3.63, 3.8) is 0 Å². The second kappa shape index (κ2) is 8.18. The van der Waals surface area contributed by atoms with Crippen LogP contribution < -0.4 is 20.7 Å². The number of amides is 2. The lowest BCUT2D eigenvalue weighted by Crippen LogP contribution is -2.19. The number of nitrogens with zero attached hydrogens (tertiary/aromatic N) is 2. The third kappa shape index (κ3) is 5.18. The molecule has 0 unspecified atom stereocenters. The largest absolute Gasteiger partial charge is 0.481 e. The molecule has 1 aromatic heterocycles. The first kappa shape index (κ1) is 18.2. The lowest BCUT2D eigenvalue weighted by Gasteiger charge is -2.10. The van der Waals surface area contributed by atoms with Crippen molar-refractivity contribution in [3.8, 4) is 5.88 Å². The maximum atomic E-state index is 12.1. The molecule has 7 nitrogen and oxygen atoms in total. The fourth-order valence-electron chi connectivity index (χ4n) is 2.42. The van der Waals surface area contributed by atoms with Crippen LogP contribution in [0.25, 0.3) is 0 Å². The summed E-state index contributed by atoms with van der Waals surface area (Å²) in [6.07, 6.45) is 0. The number of nitrogens with one attached hydrogen (secondary N) is 3. The van der Waals surface area contributed by atoms with Crippen LogP contribution in [-0.4, -0.2) is 23.1 Å². The number of anilines is 4. The van der Waals surface area contributed by atoms with E-state index in [1.165, 1.54) is 0 Å². The Morgan fingerprint density at radius 3 is 2.00 bits per heavy atom. The van der Waals surface area contributed by atoms with Gasteiger partial charge in [0.2, 0.25) is 5.88 Å². The van der Waals surface area contributed by atoms with Crippen molar-refractivity contribution in [1.29, 1.82) is 0 Å². The maximum absolute atomic E-state index is 12.1. The highest BCUT2D eigenvalue weighted by Gasteiger charge is 2.05. The van der Waals surface area contributed by atoms with E-state index in [2.05, 4.69) is 25.9 Å². The summed E-state index contributed by atoms with van der Waals surface area (Å²) in [6, 6.07) is 16.4. The average molecular weight is 363 g/mol. The van der Waals surface area contributed by atoms with Gasteiger partial charge >= 0.3 is 6.03 Å². The quantitative estimate of drug-likeness (QED) is 0.622. The van der Waals surface area contributed by atoms with Gasteiger partial charge in [0.1, 0.15) is 11.6 Å². The number of urea groups is 1. The number of rotatable bonds is 5. The van der Waals surface area contributed by atoms with Crippen LogP contribution in [0.3, 0.4) is 0 Å². The lowest BCUT2D eigenvalue weighted by atomic mass is 10.2. The second-order valence-electron chi connectivity index (χ2n) is 5.99. The van der Waals surface area contributed by atoms with Crippen molar-refractivity contribution in [2.45, 2.75) is 13.8 Å². The van der Waals surface area contributed by atoms with Gasteiger partial charge in [0.25, 0.3) is 0 Å². The molecular weight excluding hydrogens is 342 g/mol. The van der Waals surface area contributed by atoms with Gasteiger partial charge in [-0.15, -0.1) is 0 Å². The first-order valence-electron chi connectivity index (χ1n) is 8.43. The lowest BCUT2D eigenvalue weighted by molar-refractivity contribution is 0.262. The summed E-state index contributed by atoms with van der Waals surface area (Å²) in [5, 5.41) is 8.78. The van der Waals surface area contributed by atoms with E-state index in [0.29, 0.717) is 23.2 Å². The number of carbonyl (C=O) groups excluding carboxylic acids is 1. The second-order valence-corrected chi connectivity index (χ2v) is 5.99. The summed E-state index contributed by atoms with van der Waals surface area (Å²) in [5.74, 6) is 1.75. The average Bonchev–Trinajstić information content (AvgIpc) is 2.65. The van der Waals surface area contributed by atoms with Crippen molar-refractivity contribution < 1.29 is 9.53 Å². The number of methoxy groups -OCH3 is 1. The Bertz CT molecular complexity index is 924. The van der Waals surface area contributed by atoms with Gasteiger partial charge in [-0.1, -0.05) is 17.7 Å². The van der Waals surface area contributed by atoms with E-state index >= 15 is 0 Å². The molecule has 2 aromatic carbocycles. The molecular formula is C20H21N5O2. The van der Waals surface area contributed by atoms with Crippen molar-refractivity contribution in [1.82, 2.24) is 9.97 Å². The highest BCUT2D eigenvalue weighted by molar-refractivity contribution is 5.99. The van der Waals surface area contributed by atoms with Crippen molar-refractivity contribution >= 4 is 28.9 Å². The van der Waals surface area contributed by atoms with Crippen LogP contribution >= 0.6 is 0 Å². The number of benzene rings is 2. The Morgan fingerprint density at radius 1 is 0.852 bits per heavy atom. The Hall–Kier alpha value is -3.61. The fourth-order valence-corrected chi connectivity index (χ4v) is 2.42. The predicted molar refractivity (Wildman–Crippen MR) is 107 cm³/mol. The van der Waals surface area contributed by atoms with Gasteiger partial charge in [-0.3, -0.25) is 0 Å². The van der Waals surface area contributed by atoms with Crippen LogP contribution in [0.2, 0.25) is 0 Å². The van der Waals surface area contributed by atoms with Crippen LogP contribution in [0.5, 0.6) is 5.88 Å². The molecule has 0 fully saturated rings. The monoisotopic (exact) mass is 363 g/mol. The van der Waals surface area contributed by atoms with Crippen LogP contribution in [0.4, 0.5) is 27.7 Å². The number of carbonyl (C=O) groups is 1. The van der Waals surface area contributed by atoms with E-state index in [-0.39, 0.29) is 6.03 Å². The predicted octanol–water partition coefficient (Wildman–Crippen LogP) is 4.49. The molecule has 3 aromatic rings. The molecule has 0 saturated carbocycles. The van der Waals surface area contributed by atoms with Crippen LogP contribution in [0.15, 0.2) is 54.6 Å². The zero-order valence-electron chi connectivity index (χ0n) is 15.4. The van der Waals surface area contributed by atoms with E-state index in [4.69, 9.17) is 4.74 Å². The van der Waals surface area contributed by atoms with Crippen LogP contribution in [0.1, 0.15) is 11.4 Å². The molecule has 0 spiro atoms. The fraction of sp³-hybridized carbons (Fsp3) is 0.150. The van der Waals surface area contributed by atoms with Gasteiger partial charge in [-0.25, -0.2) is 9.78 Å². The van der Waals surface area contributed by atoms with E-state index in [1.54, 1.807) is 20.1 Å². The Kier molecular flexibility index (Phi) is 5.51. The SMILES string of the molecule is COc1cc(Nc2ccc(NC(=O)Nc3ccc(C)cc3)cc2)nc(C)n1. The summed E-state index contributed by atoms with van der Waals surface area (Å²) < 4.78 is 5.15. The van der Waals surface area contributed by atoms with Gasteiger partial charge in [0.05, 0.1) is 7.11 Å². The Balaban J connectivity index is 1.60. The number of aryl methyl sites for hydroxylation is 2. The standard InChI is InChI=1S/C20H21N5O2/c1-13-4-6-16(7-5-13)24-20(26)25-17-10-8-15(9-11-17)23-18-12-19(27-3)22-14(2)21-18/h4-12H,1-3H3,(H,21,22,23)(H2,24,25,26). The molecule has 1 heterocycles. The third-order valence-corrected chi connectivity index (χ3v) is 3.75. The minimum Gasteiger partial charge on any atom is -0.481 e. The smallest absolute Gasteiger partial charge is 0.323 e. The number of aromatic nitrogens is 2. The first-order valence-corrected chi connectivity index (χ1v) is 8.43. The van der Waals surface area contributed by atoms with E-state index < -0.39 is 0 Å². The van der Waals surface area contributed by atoms with Crippen LogP contribution in [0, 0.1) is 13.8 Å². The van der Waals surface area contributed by atoms with Gasteiger partial charge in [-0.2, -0.15) is 4.98 Å². The molecule has 0 saturated heterocycles. The molecule has 3 rings (SSSR count). The zero-order valence-corrected chi connectivity index (χ0v) is 15.4. The Morgan fingerprint density at radius 2 is 1.41 bits per heavy atom. The molecule has 0 radical (unpaired) electrons. The minimum absolute atomic E-state index is 0.296. The molecule has 7 heteroatoms. The van der Waals surface area contributed by atoms with Crippen molar-refractivity contribution in [2.75, 3.05) is 23.1 Å². The molecule has 0 atom stereocenters. The number of ether oxygens (including phenoxy) is 1. The summed E-state index contributed by atoms with van der Waals surface area (Å²) in [6.45, 7) is 3.80. The van der Waals surface area contributed by atoms with E-state index in [0.717, 1.165) is 16.9 Å². The molecule has 138 valence electrons. The van der Waals surface area contributed by atoms with E-state index in [9.17, 15) is 4.79 Å². The zero-order chi connectivity index (χ0) is 19.2. The molecule has 0 bridgehead atoms. The topological polar surface area (TPSA) is 88.2 Å². The van der Waals surface area contributed by atoms with Gasteiger partial charge in [-0.05, 0) is 50.2 Å². The third-order valence-electron chi connectivity index (χ3n) is 3.75. The van der Waals surface area contributed by atoms with Crippen LogP contribution in [-0.2, 0) is 0 Å². The molecule has 3 N–H and O–H groups in total. The molecule has 2 amide bonds. The highest BCUT2D eigenvalue weighted by Crippen LogP contribution is 2.20. The normalized spacial score (nSPS) is 10.2. The highest BCUT2D eigenvalue weighted by atomic mass is 16.5. The number of hydrogen-bond donors (Lipinski definition) is 3. The van der Waals surface area contributed by atoms with Gasteiger partial charge in [0, 0.05) is 23.1 Å². The van der Waals surface area contributed by atoms with Gasteiger partial charge < -0.3 is 20.7 Å². The summed E-state index contributed by atoms with van der Waals surface area (Å²) >= 11 is 0. The van der Waals surface area contributed by atoms with E-state index in [1.807, 2.05) is 55.5 Å². The Labute approximate surface area is 157 Å². The van der Waals surface area contributed by atoms with Crippen molar-refractivity contribution in [3.05, 3.63) is 66.0 Å². The summed E-state index contributed by atoms with van der Waals surface area (Å²) in [4.78, 5) is 20.6. The first-order chi connectivity index (χ1) is 13.0. The molecule has 0 aliphatic heterocycles. The maximum Gasteiger partial charge on any atom is 0.323 e. The number of hydrogen-bond acceptors (Lipinski definition) is 5. The summed E-state index contributed by atoms with van der Waals surface area (Å²) in [5.41, 5.74) is 3.39. The molecule has 0 aliphatic rings. The summed E-state index contributed by atoms with van der Waals surface area (Å²) in [7, 11) is 1.56. The molecule has 0 aliphatic carbocycles. The minimum atomic E-state index is -0.296. The van der Waals surface area contributed by atoms with Gasteiger partial charge in [0.15, 0.2) is 0 Å².